The minimum atomic E-state index is 0.814. The quantitative estimate of drug-likeness (QED) is 0.900. The number of nitrogens with zero attached hydrogens (tertiary/aromatic N) is 1. The SMILES string of the molecule is COc1ccc(Br)cc1CNCC1CCN(C)CC1. The fourth-order valence-electron chi connectivity index (χ4n) is 2.56. The Morgan fingerprint density at radius 3 is 2.79 bits per heavy atom. The van der Waals surface area contributed by atoms with Crippen LogP contribution < -0.4 is 10.1 Å². The lowest BCUT2D eigenvalue weighted by molar-refractivity contribution is 0.216. The maximum atomic E-state index is 5.39. The second-order valence-corrected chi connectivity index (χ2v) is 6.25. The first-order valence-corrected chi connectivity index (χ1v) is 7.70. The van der Waals surface area contributed by atoms with Crippen LogP contribution in [0, 0.1) is 5.92 Å². The van der Waals surface area contributed by atoms with Gasteiger partial charge in [0, 0.05) is 16.6 Å². The van der Waals surface area contributed by atoms with E-state index in [4.69, 9.17) is 4.74 Å². The number of rotatable bonds is 5. The first-order chi connectivity index (χ1) is 9.19. The van der Waals surface area contributed by atoms with Gasteiger partial charge >= 0.3 is 0 Å². The maximum Gasteiger partial charge on any atom is 0.123 e. The first kappa shape index (κ1) is 14.8. The highest BCUT2D eigenvalue weighted by Gasteiger charge is 2.16. The average molecular weight is 327 g/mol. The summed E-state index contributed by atoms with van der Waals surface area (Å²) in [6, 6.07) is 6.15. The van der Waals surface area contributed by atoms with E-state index in [1.54, 1.807) is 7.11 Å². The van der Waals surface area contributed by atoms with Crippen LogP contribution in [0.15, 0.2) is 22.7 Å². The standard InChI is InChI=1S/C15H23BrN2O/c1-18-7-5-12(6-8-18)10-17-11-13-9-14(16)3-4-15(13)19-2/h3-4,9,12,17H,5-8,10-11H2,1-2H3. The number of ether oxygens (including phenoxy) is 1. The van der Waals surface area contributed by atoms with E-state index in [1.807, 2.05) is 12.1 Å². The third-order valence-corrected chi connectivity index (χ3v) is 4.32. The topological polar surface area (TPSA) is 24.5 Å². The Bertz CT molecular complexity index is 403. The maximum absolute atomic E-state index is 5.39. The fraction of sp³-hybridized carbons (Fsp3) is 0.600. The van der Waals surface area contributed by atoms with E-state index >= 15 is 0 Å². The number of hydrogen-bond acceptors (Lipinski definition) is 3. The number of piperidine rings is 1. The lowest BCUT2D eigenvalue weighted by Gasteiger charge is -2.29. The lowest BCUT2D eigenvalue weighted by atomic mass is 9.97. The Balaban J connectivity index is 1.80. The number of methoxy groups -OCH3 is 1. The molecule has 1 heterocycles. The van der Waals surface area contributed by atoms with Crippen LogP contribution >= 0.6 is 15.9 Å². The molecule has 4 heteroatoms. The van der Waals surface area contributed by atoms with Crippen LogP contribution in [0.3, 0.4) is 0 Å². The van der Waals surface area contributed by atoms with Crippen LogP contribution in [0.4, 0.5) is 0 Å². The van der Waals surface area contributed by atoms with Gasteiger partial charge in [-0.05, 0) is 63.6 Å². The van der Waals surface area contributed by atoms with Crippen molar-refractivity contribution in [3.8, 4) is 5.75 Å². The smallest absolute Gasteiger partial charge is 0.123 e. The van der Waals surface area contributed by atoms with Gasteiger partial charge in [0.05, 0.1) is 7.11 Å². The highest BCUT2D eigenvalue weighted by Crippen LogP contribution is 2.23. The molecule has 0 spiro atoms. The molecule has 0 aliphatic carbocycles. The summed E-state index contributed by atoms with van der Waals surface area (Å²) in [5.74, 6) is 1.77. The Labute approximate surface area is 124 Å². The summed E-state index contributed by atoms with van der Waals surface area (Å²) >= 11 is 3.51. The van der Waals surface area contributed by atoms with E-state index in [0.717, 1.165) is 29.2 Å². The highest BCUT2D eigenvalue weighted by molar-refractivity contribution is 9.10. The molecular weight excluding hydrogens is 304 g/mol. The van der Waals surface area contributed by atoms with E-state index in [-0.39, 0.29) is 0 Å². The van der Waals surface area contributed by atoms with Crippen molar-refractivity contribution >= 4 is 15.9 Å². The lowest BCUT2D eigenvalue weighted by Crippen LogP contribution is -2.34. The van der Waals surface area contributed by atoms with Gasteiger partial charge in [0.1, 0.15) is 5.75 Å². The van der Waals surface area contributed by atoms with Gasteiger partial charge in [-0.1, -0.05) is 15.9 Å². The van der Waals surface area contributed by atoms with Crippen molar-refractivity contribution in [1.82, 2.24) is 10.2 Å². The van der Waals surface area contributed by atoms with Crippen LogP contribution in [0.2, 0.25) is 0 Å². The van der Waals surface area contributed by atoms with Gasteiger partial charge in [0.25, 0.3) is 0 Å². The normalized spacial score (nSPS) is 17.6. The summed E-state index contributed by atoms with van der Waals surface area (Å²) in [6.07, 6.45) is 2.61. The van der Waals surface area contributed by atoms with Crippen molar-refractivity contribution in [2.45, 2.75) is 19.4 Å². The fourth-order valence-corrected chi connectivity index (χ4v) is 2.97. The Kier molecular flexibility index (Phi) is 5.67. The molecule has 0 radical (unpaired) electrons. The Hall–Kier alpha value is -0.580. The predicted molar refractivity (Wildman–Crippen MR) is 82.6 cm³/mol. The molecule has 0 atom stereocenters. The molecule has 0 unspecified atom stereocenters. The molecule has 106 valence electrons. The molecule has 0 aromatic heterocycles. The van der Waals surface area contributed by atoms with E-state index in [1.165, 1.54) is 31.5 Å². The van der Waals surface area contributed by atoms with E-state index in [9.17, 15) is 0 Å². The monoisotopic (exact) mass is 326 g/mol. The molecule has 1 aliphatic heterocycles. The molecule has 1 aliphatic rings. The van der Waals surface area contributed by atoms with Gasteiger partial charge in [0.15, 0.2) is 0 Å². The van der Waals surface area contributed by atoms with Gasteiger partial charge in [-0.2, -0.15) is 0 Å². The number of nitrogens with one attached hydrogen (secondary N) is 1. The Morgan fingerprint density at radius 2 is 2.11 bits per heavy atom. The number of halogens is 1. The molecule has 3 nitrogen and oxygen atoms in total. The van der Waals surface area contributed by atoms with Gasteiger partial charge in [0.2, 0.25) is 0 Å². The minimum absolute atomic E-state index is 0.814. The minimum Gasteiger partial charge on any atom is -0.496 e. The van der Waals surface area contributed by atoms with Gasteiger partial charge < -0.3 is 15.0 Å². The van der Waals surface area contributed by atoms with Crippen molar-refractivity contribution < 1.29 is 4.74 Å². The molecule has 0 saturated carbocycles. The predicted octanol–water partition coefficient (Wildman–Crippen LogP) is 2.89. The second-order valence-electron chi connectivity index (χ2n) is 5.33. The number of likely N-dealkylation sites (tertiary alicyclic amines) is 1. The largest absolute Gasteiger partial charge is 0.496 e. The molecule has 1 saturated heterocycles. The molecule has 2 rings (SSSR count). The zero-order valence-electron chi connectivity index (χ0n) is 11.8. The highest BCUT2D eigenvalue weighted by atomic mass is 79.9. The first-order valence-electron chi connectivity index (χ1n) is 6.90. The molecule has 1 fully saturated rings. The third-order valence-electron chi connectivity index (χ3n) is 3.83. The Morgan fingerprint density at radius 1 is 1.37 bits per heavy atom. The van der Waals surface area contributed by atoms with Crippen molar-refractivity contribution in [3.05, 3.63) is 28.2 Å². The van der Waals surface area contributed by atoms with E-state index in [0.29, 0.717) is 0 Å². The zero-order valence-corrected chi connectivity index (χ0v) is 13.4. The zero-order chi connectivity index (χ0) is 13.7. The van der Waals surface area contributed by atoms with Gasteiger partial charge in [-0.15, -0.1) is 0 Å². The summed E-state index contributed by atoms with van der Waals surface area (Å²) in [4.78, 5) is 2.41. The van der Waals surface area contributed by atoms with Crippen LogP contribution in [0.25, 0.3) is 0 Å². The average Bonchev–Trinajstić information content (AvgIpc) is 2.41. The summed E-state index contributed by atoms with van der Waals surface area (Å²) in [6.45, 7) is 4.43. The van der Waals surface area contributed by atoms with Crippen LogP contribution in [-0.4, -0.2) is 38.7 Å². The molecular formula is C15H23BrN2O. The number of benzene rings is 1. The van der Waals surface area contributed by atoms with Crippen molar-refractivity contribution in [3.63, 3.8) is 0 Å². The van der Waals surface area contributed by atoms with Crippen LogP contribution in [0.5, 0.6) is 5.75 Å². The summed E-state index contributed by atoms with van der Waals surface area (Å²) in [5.41, 5.74) is 1.21. The molecule has 19 heavy (non-hydrogen) atoms. The van der Waals surface area contributed by atoms with Crippen molar-refractivity contribution in [2.24, 2.45) is 5.92 Å². The van der Waals surface area contributed by atoms with Crippen LogP contribution in [0.1, 0.15) is 18.4 Å². The van der Waals surface area contributed by atoms with E-state index in [2.05, 4.69) is 39.3 Å². The second kappa shape index (κ2) is 7.27. The van der Waals surface area contributed by atoms with Gasteiger partial charge in [-0.3, -0.25) is 0 Å². The molecule has 1 aromatic rings. The molecule has 0 amide bonds. The summed E-state index contributed by atoms with van der Waals surface area (Å²) < 4.78 is 6.49. The van der Waals surface area contributed by atoms with Gasteiger partial charge in [-0.25, -0.2) is 0 Å². The van der Waals surface area contributed by atoms with Crippen molar-refractivity contribution in [1.29, 1.82) is 0 Å². The number of hydrogen-bond donors (Lipinski definition) is 1. The molecule has 1 aromatic carbocycles. The summed E-state index contributed by atoms with van der Waals surface area (Å²) in [5, 5.41) is 3.57. The van der Waals surface area contributed by atoms with Crippen LogP contribution in [-0.2, 0) is 6.54 Å². The molecule has 1 N–H and O–H groups in total. The summed E-state index contributed by atoms with van der Waals surface area (Å²) in [7, 11) is 3.93. The third kappa shape index (κ3) is 4.48. The molecule has 0 bridgehead atoms. The van der Waals surface area contributed by atoms with E-state index < -0.39 is 0 Å². The van der Waals surface area contributed by atoms with Crippen molar-refractivity contribution in [2.75, 3.05) is 33.8 Å².